The Kier molecular flexibility index (Phi) is 4.29. The molecule has 6 nitrogen and oxygen atoms in total. The molecule has 2 aromatic heterocycles. The first-order chi connectivity index (χ1) is 11.4. The summed E-state index contributed by atoms with van der Waals surface area (Å²) in [5, 5.41) is 1.33. The Morgan fingerprint density at radius 1 is 1.33 bits per heavy atom. The second kappa shape index (κ2) is 6.26. The molecule has 0 atom stereocenters. The van der Waals surface area contributed by atoms with Gasteiger partial charge in [-0.2, -0.15) is 0 Å². The molecule has 0 spiro atoms. The number of hydrogen-bond acceptors (Lipinski definition) is 4. The third kappa shape index (κ3) is 3.27. The summed E-state index contributed by atoms with van der Waals surface area (Å²) in [6.45, 7) is 1.64. The van der Waals surface area contributed by atoms with Crippen molar-refractivity contribution in [3.8, 4) is 0 Å². The lowest BCUT2D eigenvalue weighted by Gasteiger charge is -2.08. The molecule has 1 aromatic carbocycles. The molecule has 0 aliphatic carbocycles. The lowest BCUT2D eigenvalue weighted by molar-refractivity contribution is -0.118. The highest BCUT2D eigenvalue weighted by Gasteiger charge is 2.20. The number of carbonyl (C=O) groups excluding carboxylic acids is 1. The first-order valence-corrected chi connectivity index (χ1v) is 8.95. The summed E-state index contributed by atoms with van der Waals surface area (Å²) in [5.74, 6) is -0.626. The van der Waals surface area contributed by atoms with E-state index >= 15 is 0 Å². The monoisotopic (exact) mass is 363 g/mol. The van der Waals surface area contributed by atoms with Crippen molar-refractivity contribution >= 4 is 38.4 Å². The van der Waals surface area contributed by atoms with Crippen LogP contribution in [0.2, 0.25) is 5.02 Å². The van der Waals surface area contributed by atoms with E-state index in [9.17, 15) is 13.2 Å². The number of H-pyrrole nitrogens is 1. The van der Waals surface area contributed by atoms with Crippen LogP contribution in [-0.2, 0) is 21.2 Å². The van der Waals surface area contributed by atoms with Gasteiger partial charge in [-0.05, 0) is 42.3 Å². The largest absolute Gasteiger partial charge is 0.361 e. The van der Waals surface area contributed by atoms with Gasteiger partial charge in [-0.25, -0.2) is 13.1 Å². The molecule has 0 radical (unpaired) electrons. The lowest BCUT2D eigenvalue weighted by atomic mass is 10.1. The van der Waals surface area contributed by atoms with Gasteiger partial charge < -0.3 is 4.98 Å². The molecule has 1 amide bonds. The van der Waals surface area contributed by atoms with Crippen LogP contribution in [0.15, 0.2) is 47.8 Å². The van der Waals surface area contributed by atoms with Gasteiger partial charge in [0.05, 0.1) is 6.42 Å². The fourth-order valence-electron chi connectivity index (χ4n) is 2.44. The predicted octanol–water partition coefficient (Wildman–Crippen LogP) is 2.57. The Morgan fingerprint density at radius 2 is 2.12 bits per heavy atom. The quantitative estimate of drug-likeness (QED) is 0.745. The SMILES string of the molecule is Cc1ccncc1S(=O)(=O)NC(=O)Cc1c[nH]c2ccc(Cl)cc12. The predicted molar refractivity (Wildman–Crippen MR) is 91.3 cm³/mol. The molecule has 3 aromatic rings. The molecule has 0 aliphatic rings. The lowest BCUT2D eigenvalue weighted by Crippen LogP contribution is -2.32. The van der Waals surface area contributed by atoms with Crippen LogP contribution in [0.4, 0.5) is 0 Å². The highest BCUT2D eigenvalue weighted by molar-refractivity contribution is 7.90. The molecule has 0 bridgehead atoms. The minimum absolute atomic E-state index is 0.0136. The summed E-state index contributed by atoms with van der Waals surface area (Å²) in [6.07, 6.45) is 4.30. The number of halogens is 1. The second-order valence-electron chi connectivity index (χ2n) is 5.35. The van der Waals surface area contributed by atoms with Crippen molar-refractivity contribution in [3.05, 3.63) is 59.0 Å². The number of sulfonamides is 1. The summed E-state index contributed by atoms with van der Waals surface area (Å²) in [6, 6.07) is 6.84. The Balaban J connectivity index is 1.82. The van der Waals surface area contributed by atoms with Crippen molar-refractivity contribution < 1.29 is 13.2 Å². The number of aryl methyl sites for hydroxylation is 1. The molecular formula is C16H14ClN3O3S. The minimum atomic E-state index is -3.95. The zero-order chi connectivity index (χ0) is 17.3. The average molecular weight is 364 g/mol. The average Bonchev–Trinajstić information content (AvgIpc) is 2.89. The smallest absolute Gasteiger partial charge is 0.265 e. The van der Waals surface area contributed by atoms with E-state index in [-0.39, 0.29) is 11.3 Å². The number of pyridine rings is 1. The Hall–Kier alpha value is -2.38. The number of nitrogens with one attached hydrogen (secondary N) is 2. The zero-order valence-corrected chi connectivity index (χ0v) is 14.3. The van der Waals surface area contributed by atoms with Gasteiger partial charge in [0.1, 0.15) is 4.90 Å². The summed E-state index contributed by atoms with van der Waals surface area (Å²) in [4.78, 5) is 19.0. The second-order valence-corrected chi connectivity index (χ2v) is 7.44. The molecule has 124 valence electrons. The number of fused-ring (bicyclic) bond motifs is 1. The van der Waals surface area contributed by atoms with Crippen LogP contribution in [-0.4, -0.2) is 24.3 Å². The maximum atomic E-state index is 12.3. The molecule has 24 heavy (non-hydrogen) atoms. The molecule has 8 heteroatoms. The van der Waals surface area contributed by atoms with Gasteiger partial charge in [0.2, 0.25) is 5.91 Å². The summed E-state index contributed by atoms with van der Waals surface area (Å²) >= 11 is 5.97. The van der Waals surface area contributed by atoms with Crippen molar-refractivity contribution in [2.24, 2.45) is 0 Å². The fourth-order valence-corrected chi connectivity index (χ4v) is 3.79. The van der Waals surface area contributed by atoms with Gasteiger partial charge in [0.15, 0.2) is 0 Å². The van der Waals surface area contributed by atoms with Crippen LogP contribution < -0.4 is 4.72 Å². The number of amides is 1. The molecule has 2 heterocycles. The fraction of sp³-hybridized carbons (Fsp3) is 0.125. The van der Waals surface area contributed by atoms with Crippen LogP contribution in [0.1, 0.15) is 11.1 Å². The third-order valence-corrected chi connectivity index (χ3v) is 5.35. The van der Waals surface area contributed by atoms with Crippen LogP contribution >= 0.6 is 11.6 Å². The molecule has 0 saturated heterocycles. The Bertz CT molecular complexity index is 1030. The Labute approximate surface area is 143 Å². The number of aromatic amines is 1. The van der Waals surface area contributed by atoms with Gasteiger partial charge in [-0.3, -0.25) is 9.78 Å². The number of hydrogen-bond donors (Lipinski definition) is 2. The van der Waals surface area contributed by atoms with Crippen molar-refractivity contribution in [1.29, 1.82) is 0 Å². The van der Waals surface area contributed by atoms with Gasteiger partial charge in [0.25, 0.3) is 10.0 Å². The van der Waals surface area contributed by atoms with E-state index in [0.29, 0.717) is 16.1 Å². The van der Waals surface area contributed by atoms with E-state index in [0.717, 1.165) is 10.9 Å². The number of aromatic nitrogens is 2. The topological polar surface area (TPSA) is 91.9 Å². The van der Waals surface area contributed by atoms with Gasteiger partial charge in [-0.15, -0.1) is 0 Å². The highest BCUT2D eigenvalue weighted by Crippen LogP contribution is 2.23. The van der Waals surface area contributed by atoms with Crippen LogP contribution in [0.3, 0.4) is 0 Å². The maximum absolute atomic E-state index is 12.3. The van der Waals surface area contributed by atoms with Crippen molar-refractivity contribution in [3.63, 3.8) is 0 Å². The normalized spacial score (nSPS) is 11.6. The van der Waals surface area contributed by atoms with E-state index in [1.807, 2.05) is 0 Å². The van der Waals surface area contributed by atoms with E-state index in [1.165, 1.54) is 12.4 Å². The molecule has 2 N–H and O–H groups in total. The van der Waals surface area contributed by atoms with Gasteiger partial charge >= 0.3 is 0 Å². The van der Waals surface area contributed by atoms with E-state index in [4.69, 9.17) is 11.6 Å². The zero-order valence-electron chi connectivity index (χ0n) is 12.7. The van der Waals surface area contributed by atoms with Crippen LogP contribution in [0.25, 0.3) is 10.9 Å². The van der Waals surface area contributed by atoms with E-state index in [2.05, 4.69) is 14.7 Å². The minimum Gasteiger partial charge on any atom is -0.361 e. The molecule has 3 rings (SSSR count). The van der Waals surface area contributed by atoms with Crippen molar-refractivity contribution in [2.75, 3.05) is 0 Å². The number of carbonyl (C=O) groups is 1. The van der Waals surface area contributed by atoms with E-state index in [1.54, 1.807) is 37.4 Å². The molecular weight excluding hydrogens is 350 g/mol. The van der Waals surface area contributed by atoms with Gasteiger partial charge in [0, 0.05) is 34.5 Å². The molecule has 0 fully saturated rings. The number of nitrogens with zero attached hydrogens (tertiary/aromatic N) is 1. The van der Waals surface area contributed by atoms with Crippen LogP contribution in [0, 0.1) is 6.92 Å². The van der Waals surface area contributed by atoms with Crippen LogP contribution in [0.5, 0.6) is 0 Å². The van der Waals surface area contributed by atoms with Crippen molar-refractivity contribution in [2.45, 2.75) is 18.2 Å². The molecule has 0 saturated carbocycles. The van der Waals surface area contributed by atoms with Crippen molar-refractivity contribution in [1.82, 2.24) is 14.7 Å². The standard InChI is InChI=1S/C16H14ClN3O3S/c1-10-4-5-18-9-15(10)24(22,23)20-16(21)6-11-8-19-14-3-2-12(17)7-13(11)14/h2-5,7-9,19H,6H2,1H3,(H,20,21). The summed E-state index contributed by atoms with van der Waals surface area (Å²) < 4.78 is 26.7. The first kappa shape index (κ1) is 16.5. The molecule has 0 unspecified atom stereocenters. The Morgan fingerprint density at radius 3 is 2.88 bits per heavy atom. The number of benzene rings is 1. The molecule has 0 aliphatic heterocycles. The van der Waals surface area contributed by atoms with Gasteiger partial charge in [-0.1, -0.05) is 11.6 Å². The number of rotatable bonds is 4. The first-order valence-electron chi connectivity index (χ1n) is 7.08. The van der Waals surface area contributed by atoms with E-state index < -0.39 is 15.9 Å². The maximum Gasteiger partial charge on any atom is 0.265 e. The summed E-state index contributed by atoms with van der Waals surface area (Å²) in [7, 11) is -3.95. The third-order valence-electron chi connectivity index (χ3n) is 3.61. The highest BCUT2D eigenvalue weighted by atomic mass is 35.5. The summed E-state index contributed by atoms with van der Waals surface area (Å²) in [5.41, 5.74) is 2.01.